The number of thiazole rings is 1. The van der Waals surface area contributed by atoms with Crippen LogP contribution in [0.3, 0.4) is 0 Å². The van der Waals surface area contributed by atoms with Gasteiger partial charge in [-0.25, -0.2) is 0 Å². The van der Waals surface area contributed by atoms with Gasteiger partial charge >= 0.3 is 4.87 Å². The van der Waals surface area contributed by atoms with Crippen molar-refractivity contribution in [2.75, 3.05) is 31.3 Å². The molecule has 1 aliphatic rings. The van der Waals surface area contributed by atoms with E-state index in [-0.39, 0.29) is 11.6 Å². The van der Waals surface area contributed by atoms with E-state index in [0.29, 0.717) is 10.5 Å². The van der Waals surface area contributed by atoms with E-state index in [1.807, 2.05) is 0 Å². The van der Waals surface area contributed by atoms with E-state index >= 15 is 0 Å². The number of ether oxygens (including phenoxy) is 1. The molecule has 1 aliphatic heterocycles. The van der Waals surface area contributed by atoms with Crippen LogP contribution in [0.2, 0.25) is 0 Å². The van der Waals surface area contributed by atoms with E-state index in [2.05, 4.69) is 9.97 Å². The number of hydrogen-bond donors (Lipinski definition) is 4. The van der Waals surface area contributed by atoms with E-state index in [1.165, 1.54) is 0 Å². The second kappa shape index (κ2) is 5.69. The van der Waals surface area contributed by atoms with Gasteiger partial charge in [-0.15, -0.1) is 0 Å². The van der Waals surface area contributed by atoms with Crippen molar-refractivity contribution < 1.29 is 20.1 Å². The summed E-state index contributed by atoms with van der Waals surface area (Å²) < 4.78 is 7.04. The van der Waals surface area contributed by atoms with Gasteiger partial charge in [0.1, 0.15) is 23.0 Å². The minimum Gasteiger partial charge on any atom is -0.394 e. The average molecular weight is 343 g/mol. The number of nitrogens with two attached hydrogens (primary N) is 1. The number of aliphatic hydroxyl groups is 3. The maximum Gasteiger partial charge on any atom is 0.311 e. The molecule has 0 spiro atoms. The predicted octanol–water partition coefficient (Wildman–Crippen LogP) is -1.89. The highest BCUT2D eigenvalue weighted by atomic mass is 32.1. The molecule has 3 heterocycles. The molecule has 4 atom stereocenters. The summed E-state index contributed by atoms with van der Waals surface area (Å²) in [5.74, 6) is 0.444. The van der Waals surface area contributed by atoms with Crippen molar-refractivity contribution in [3.05, 3.63) is 9.67 Å². The molecule has 1 unspecified atom stereocenters. The van der Waals surface area contributed by atoms with Crippen LogP contribution in [0, 0.1) is 0 Å². The van der Waals surface area contributed by atoms with E-state index in [9.17, 15) is 20.1 Å². The Morgan fingerprint density at radius 1 is 1.35 bits per heavy atom. The fourth-order valence-corrected chi connectivity index (χ4v) is 3.56. The summed E-state index contributed by atoms with van der Waals surface area (Å²) in [5.41, 5.74) is 5.92. The van der Waals surface area contributed by atoms with Gasteiger partial charge in [0.05, 0.1) is 6.61 Å². The zero-order valence-electron chi connectivity index (χ0n) is 12.4. The summed E-state index contributed by atoms with van der Waals surface area (Å²) in [5, 5.41) is 29.2. The van der Waals surface area contributed by atoms with Gasteiger partial charge in [-0.3, -0.25) is 9.36 Å². The Hall–Kier alpha value is -1.79. The lowest BCUT2D eigenvalue weighted by Crippen LogP contribution is -2.34. The minimum atomic E-state index is -1.37. The minimum absolute atomic E-state index is 0.0282. The molecule has 2 aromatic rings. The predicted molar refractivity (Wildman–Crippen MR) is 83.4 cm³/mol. The molecule has 126 valence electrons. The average Bonchev–Trinajstić information content (AvgIpc) is 2.95. The van der Waals surface area contributed by atoms with Crippen LogP contribution in [-0.4, -0.2) is 68.9 Å². The van der Waals surface area contributed by atoms with E-state index < -0.39 is 36.0 Å². The fraction of sp³-hybridized carbons (Fsp3) is 0.583. The first kappa shape index (κ1) is 16.1. The van der Waals surface area contributed by atoms with Crippen LogP contribution >= 0.6 is 11.3 Å². The Labute approximate surface area is 134 Å². The Kier molecular flexibility index (Phi) is 3.98. The number of aliphatic hydroxyl groups excluding tert-OH is 3. The molecule has 10 nitrogen and oxygen atoms in total. The lowest BCUT2D eigenvalue weighted by Gasteiger charge is -2.17. The molecule has 0 aromatic carbocycles. The first-order chi connectivity index (χ1) is 10.8. The summed E-state index contributed by atoms with van der Waals surface area (Å²) >= 11 is 0.891. The van der Waals surface area contributed by atoms with Crippen LogP contribution in [0.4, 0.5) is 11.8 Å². The van der Waals surface area contributed by atoms with Gasteiger partial charge in [-0.1, -0.05) is 11.3 Å². The zero-order valence-corrected chi connectivity index (χ0v) is 13.3. The second-order valence-electron chi connectivity index (χ2n) is 5.42. The Bertz CT molecular complexity index is 790. The van der Waals surface area contributed by atoms with Crippen molar-refractivity contribution in [1.82, 2.24) is 14.5 Å². The largest absolute Gasteiger partial charge is 0.394 e. The SMILES string of the molecule is CN(C)c1nc(N)nc2c1sc(=O)n2[C@@H]1OC(CO)[C@@H](O)[C@H]1O. The van der Waals surface area contributed by atoms with E-state index in [0.717, 1.165) is 15.9 Å². The van der Waals surface area contributed by atoms with E-state index in [4.69, 9.17) is 10.5 Å². The summed E-state index contributed by atoms with van der Waals surface area (Å²) in [6.45, 7) is -0.481. The number of hydrogen-bond acceptors (Lipinski definition) is 10. The molecule has 2 aromatic heterocycles. The molecule has 1 fully saturated rings. The van der Waals surface area contributed by atoms with Crippen molar-refractivity contribution in [3.63, 3.8) is 0 Å². The van der Waals surface area contributed by atoms with Crippen LogP contribution in [-0.2, 0) is 4.74 Å². The number of anilines is 2. The van der Waals surface area contributed by atoms with Crippen molar-refractivity contribution in [2.24, 2.45) is 0 Å². The van der Waals surface area contributed by atoms with Crippen LogP contribution in [0.1, 0.15) is 6.23 Å². The van der Waals surface area contributed by atoms with Gasteiger partial charge < -0.3 is 30.7 Å². The number of fused-ring (bicyclic) bond motifs is 1. The van der Waals surface area contributed by atoms with Gasteiger partial charge in [0, 0.05) is 14.1 Å². The molecule has 0 amide bonds. The van der Waals surface area contributed by atoms with Gasteiger partial charge in [0.2, 0.25) is 5.95 Å². The Balaban J connectivity index is 2.19. The number of nitrogens with zero attached hydrogens (tertiary/aromatic N) is 4. The van der Waals surface area contributed by atoms with Crippen LogP contribution < -0.4 is 15.5 Å². The number of nitrogen functional groups attached to an aromatic ring is 1. The monoisotopic (exact) mass is 343 g/mol. The molecule has 3 rings (SSSR count). The van der Waals surface area contributed by atoms with Crippen LogP contribution in [0.25, 0.3) is 10.3 Å². The number of rotatable bonds is 3. The third-order valence-corrected chi connectivity index (χ3v) is 4.60. The van der Waals surface area contributed by atoms with Crippen LogP contribution in [0.15, 0.2) is 4.79 Å². The first-order valence-electron chi connectivity index (χ1n) is 6.83. The summed E-state index contributed by atoms with van der Waals surface area (Å²) in [7, 11) is 3.50. The first-order valence-corrected chi connectivity index (χ1v) is 7.65. The van der Waals surface area contributed by atoms with Gasteiger partial charge in [0.15, 0.2) is 17.7 Å². The molecular formula is C12H17N5O5S. The molecule has 11 heteroatoms. The van der Waals surface area contributed by atoms with Gasteiger partial charge in [-0.05, 0) is 0 Å². The maximum absolute atomic E-state index is 12.4. The zero-order chi connectivity index (χ0) is 16.9. The van der Waals surface area contributed by atoms with Crippen molar-refractivity contribution in [3.8, 4) is 0 Å². The van der Waals surface area contributed by atoms with Crippen molar-refractivity contribution >= 4 is 33.5 Å². The Morgan fingerprint density at radius 2 is 2.04 bits per heavy atom. The lowest BCUT2D eigenvalue weighted by atomic mass is 10.1. The molecule has 0 bridgehead atoms. The smallest absolute Gasteiger partial charge is 0.311 e. The van der Waals surface area contributed by atoms with Crippen LogP contribution in [0.5, 0.6) is 0 Å². The topological polar surface area (TPSA) is 147 Å². The summed E-state index contributed by atoms with van der Waals surface area (Å²) in [6, 6.07) is 0. The highest BCUT2D eigenvalue weighted by molar-refractivity contribution is 7.17. The highest BCUT2D eigenvalue weighted by Gasteiger charge is 2.44. The molecule has 0 saturated carbocycles. The summed E-state index contributed by atoms with van der Waals surface area (Å²) in [4.78, 5) is 21.8. The third-order valence-electron chi connectivity index (χ3n) is 3.66. The third kappa shape index (κ3) is 2.46. The summed E-state index contributed by atoms with van der Waals surface area (Å²) in [6.07, 6.45) is -4.82. The van der Waals surface area contributed by atoms with E-state index in [1.54, 1.807) is 19.0 Å². The molecular weight excluding hydrogens is 326 g/mol. The normalized spacial score (nSPS) is 27.7. The molecule has 0 radical (unpaired) electrons. The molecule has 23 heavy (non-hydrogen) atoms. The quantitative estimate of drug-likeness (QED) is 0.502. The molecule has 0 aliphatic carbocycles. The standard InChI is InChI=1S/C12H17N5O5S/c1-16(2)8-7-9(15-11(13)14-8)17(12(21)23-7)10-6(20)5(19)4(3-18)22-10/h4-6,10,18-20H,3H2,1-2H3,(H2,13,14,15)/t4?,5-,6-,10-/m1/s1. The van der Waals surface area contributed by atoms with Crippen molar-refractivity contribution in [2.45, 2.75) is 24.5 Å². The number of aromatic nitrogens is 3. The second-order valence-corrected chi connectivity index (χ2v) is 6.38. The maximum atomic E-state index is 12.4. The molecule has 5 N–H and O–H groups in total. The van der Waals surface area contributed by atoms with Gasteiger partial charge in [0.25, 0.3) is 0 Å². The lowest BCUT2D eigenvalue weighted by molar-refractivity contribution is -0.0518. The fourth-order valence-electron chi connectivity index (χ4n) is 2.54. The van der Waals surface area contributed by atoms with Gasteiger partial charge in [-0.2, -0.15) is 9.97 Å². The Morgan fingerprint density at radius 3 is 2.61 bits per heavy atom. The molecule has 1 saturated heterocycles. The highest BCUT2D eigenvalue weighted by Crippen LogP contribution is 2.33. The van der Waals surface area contributed by atoms with Crippen molar-refractivity contribution in [1.29, 1.82) is 0 Å².